The highest BCUT2D eigenvalue weighted by molar-refractivity contribution is 5.80. The van der Waals surface area contributed by atoms with Crippen molar-refractivity contribution in [1.82, 2.24) is 5.32 Å². The van der Waals surface area contributed by atoms with Crippen LogP contribution < -0.4 is 11.1 Å². The average molecular weight is 226 g/mol. The number of nitrogens with two attached hydrogens (primary N) is 1. The molecule has 0 radical (unpaired) electrons. The van der Waals surface area contributed by atoms with Gasteiger partial charge in [-0.15, -0.1) is 0 Å². The van der Waals surface area contributed by atoms with Crippen molar-refractivity contribution in [2.45, 2.75) is 44.8 Å². The van der Waals surface area contributed by atoms with Crippen LogP contribution in [-0.4, -0.2) is 29.7 Å². The largest absolute Gasteiger partial charge is 0.393 e. The van der Waals surface area contributed by atoms with Crippen LogP contribution in [0.3, 0.4) is 0 Å². The molecule has 2 bridgehead atoms. The lowest BCUT2D eigenvalue weighted by Gasteiger charge is -2.27. The van der Waals surface area contributed by atoms with Gasteiger partial charge in [-0.1, -0.05) is 0 Å². The van der Waals surface area contributed by atoms with Gasteiger partial charge >= 0.3 is 0 Å². The summed E-state index contributed by atoms with van der Waals surface area (Å²) in [6.07, 6.45) is 3.75. The summed E-state index contributed by atoms with van der Waals surface area (Å²) >= 11 is 0. The number of fused-ring (bicyclic) bond motifs is 2. The fourth-order valence-corrected chi connectivity index (χ4v) is 3.25. The number of aliphatic hydroxyl groups excluding tert-OH is 1. The van der Waals surface area contributed by atoms with Gasteiger partial charge in [-0.2, -0.15) is 0 Å². The summed E-state index contributed by atoms with van der Waals surface area (Å²) in [7, 11) is 0. The van der Waals surface area contributed by atoms with Crippen LogP contribution in [0.1, 0.15) is 32.6 Å². The van der Waals surface area contributed by atoms with Gasteiger partial charge in [-0.05, 0) is 44.4 Å². The normalized spacial score (nSPS) is 38.7. The molecular formula is C12H22N2O2. The van der Waals surface area contributed by atoms with E-state index in [9.17, 15) is 4.79 Å². The molecule has 0 aromatic heterocycles. The van der Waals surface area contributed by atoms with Gasteiger partial charge < -0.3 is 16.2 Å². The molecule has 0 aliphatic heterocycles. The third-order valence-electron chi connectivity index (χ3n) is 4.14. The first-order valence-electron chi connectivity index (χ1n) is 6.31. The van der Waals surface area contributed by atoms with Gasteiger partial charge in [0.05, 0.1) is 12.0 Å². The highest BCUT2D eigenvalue weighted by Crippen LogP contribution is 2.47. The molecule has 0 aromatic carbocycles. The molecule has 0 aromatic rings. The Balaban J connectivity index is 1.81. The molecule has 5 unspecified atom stereocenters. The summed E-state index contributed by atoms with van der Waals surface area (Å²) in [6, 6.07) is 0.0605. The number of aliphatic hydroxyl groups is 1. The van der Waals surface area contributed by atoms with Gasteiger partial charge in [0.25, 0.3) is 0 Å². The molecule has 2 rings (SSSR count). The van der Waals surface area contributed by atoms with E-state index in [-0.39, 0.29) is 24.0 Å². The molecule has 1 amide bonds. The molecule has 2 aliphatic rings. The minimum atomic E-state index is -0.353. The van der Waals surface area contributed by atoms with Crippen molar-refractivity contribution in [3.63, 3.8) is 0 Å². The molecule has 92 valence electrons. The zero-order valence-electron chi connectivity index (χ0n) is 9.86. The fourth-order valence-electron chi connectivity index (χ4n) is 3.25. The highest BCUT2D eigenvalue weighted by Gasteiger charge is 2.48. The number of carbonyl (C=O) groups excluding carboxylic acids is 1. The zero-order chi connectivity index (χ0) is 11.7. The van der Waals surface area contributed by atoms with Crippen molar-refractivity contribution in [3.05, 3.63) is 0 Å². The van der Waals surface area contributed by atoms with Gasteiger partial charge in [0.2, 0.25) is 5.91 Å². The Morgan fingerprint density at radius 1 is 1.50 bits per heavy atom. The van der Waals surface area contributed by atoms with Gasteiger partial charge in [0.15, 0.2) is 0 Å². The van der Waals surface area contributed by atoms with Gasteiger partial charge in [0, 0.05) is 12.6 Å². The maximum Gasteiger partial charge on any atom is 0.224 e. The molecule has 2 aliphatic carbocycles. The number of rotatable bonds is 4. The second kappa shape index (κ2) is 4.72. The van der Waals surface area contributed by atoms with Gasteiger partial charge in [-0.3, -0.25) is 4.79 Å². The molecular weight excluding hydrogens is 204 g/mol. The Morgan fingerprint density at radius 3 is 2.75 bits per heavy atom. The van der Waals surface area contributed by atoms with Crippen LogP contribution in [0.2, 0.25) is 0 Å². The lowest BCUT2D eigenvalue weighted by molar-refractivity contribution is -0.127. The van der Waals surface area contributed by atoms with E-state index in [1.54, 1.807) is 6.92 Å². The SMILES string of the molecule is CC(O)CCNC(=O)C1C2CCC(C2)C1N. The maximum absolute atomic E-state index is 12.0. The maximum atomic E-state index is 12.0. The first-order valence-corrected chi connectivity index (χ1v) is 6.31. The summed E-state index contributed by atoms with van der Waals surface area (Å²) in [4.78, 5) is 12.0. The van der Waals surface area contributed by atoms with E-state index >= 15 is 0 Å². The molecule has 0 saturated heterocycles. The van der Waals surface area contributed by atoms with Crippen LogP contribution >= 0.6 is 0 Å². The highest BCUT2D eigenvalue weighted by atomic mass is 16.3. The standard InChI is InChI=1S/C12H22N2O2/c1-7(15)4-5-14-12(16)10-8-2-3-9(6-8)11(10)13/h7-11,15H,2-6,13H2,1H3,(H,14,16). The molecule has 2 fully saturated rings. The van der Waals surface area contributed by atoms with Crippen molar-refractivity contribution in [2.24, 2.45) is 23.5 Å². The average Bonchev–Trinajstić information content (AvgIpc) is 2.76. The molecule has 2 saturated carbocycles. The van der Waals surface area contributed by atoms with Crippen LogP contribution in [0.4, 0.5) is 0 Å². The topological polar surface area (TPSA) is 75.3 Å². The van der Waals surface area contributed by atoms with E-state index in [0.717, 1.165) is 12.8 Å². The molecule has 4 N–H and O–H groups in total. The van der Waals surface area contributed by atoms with Gasteiger partial charge in [-0.25, -0.2) is 0 Å². The van der Waals surface area contributed by atoms with E-state index < -0.39 is 0 Å². The number of amides is 1. The minimum absolute atomic E-state index is 0.0211. The van der Waals surface area contributed by atoms with Crippen molar-refractivity contribution in [3.8, 4) is 0 Å². The Kier molecular flexibility index (Phi) is 3.50. The van der Waals surface area contributed by atoms with Crippen molar-refractivity contribution < 1.29 is 9.90 Å². The monoisotopic (exact) mass is 226 g/mol. The van der Waals surface area contributed by atoms with E-state index in [2.05, 4.69) is 5.32 Å². The smallest absolute Gasteiger partial charge is 0.224 e. The van der Waals surface area contributed by atoms with Crippen LogP contribution in [0.15, 0.2) is 0 Å². The molecule has 4 heteroatoms. The summed E-state index contributed by atoms with van der Waals surface area (Å²) in [5, 5.41) is 12.0. The van der Waals surface area contributed by atoms with E-state index in [0.29, 0.717) is 24.8 Å². The van der Waals surface area contributed by atoms with E-state index in [1.807, 2.05) is 0 Å². The lowest BCUT2D eigenvalue weighted by Crippen LogP contribution is -2.45. The Morgan fingerprint density at radius 2 is 2.19 bits per heavy atom. The molecule has 4 nitrogen and oxygen atoms in total. The number of nitrogens with one attached hydrogen (secondary N) is 1. The molecule has 5 atom stereocenters. The Labute approximate surface area is 96.6 Å². The summed E-state index contributed by atoms with van der Waals surface area (Å²) in [6.45, 7) is 2.28. The number of hydrogen-bond donors (Lipinski definition) is 3. The van der Waals surface area contributed by atoms with Crippen molar-refractivity contribution >= 4 is 5.91 Å². The summed E-state index contributed by atoms with van der Waals surface area (Å²) in [5.41, 5.74) is 6.09. The predicted molar refractivity (Wildman–Crippen MR) is 61.6 cm³/mol. The second-order valence-electron chi connectivity index (χ2n) is 5.37. The minimum Gasteiger partial charge on any atom is -0.393 e. The van der Waals surface area contributed by atoms with Crippen LogP contribution in [0.25, 0.3) is 0 Å². The quantitative estimate of drug-likeness (QED) is 0.643. The van der Waals surface area contributed by atoms with E-state index in [1.165, 1.54) is 6.42 Å². The number of hydrogen-bond acceptors (Lipinski definition) is 3. The van der Waals surface area contributed by atoms with Crippen molar-refractivity contribution in [2.75, 3.05) is 6.54 Å². The molecule has 0 spiro atoms. The van der Waals surface area contributed by atoms with Crippen LogP contribution in [0, 0.1) is 17.8 Å². The Bertz CT molecular complexity index is 266. The summed E-state index contributed by atoms with van der Waals surface area (Å²) in [5.74, 6) is 1.19. The molecule has 0 heterocycles. The van der Waals surface area contributed by atoms with Gasteiger partial charge in [0.1, 0.15) is 0 Å². The summed E-state index contributed by atoms with van der Waals surface area (Å²) < 4.78 is 0. The second-order valence-corrected chi connectivity index (χ2v) is 5.37. The predicted octanol–water partition coefficient (Wildman–Crippen LogP) is 0.247. The number of carbonyl (C=O) groups is 1. The van der Waals surface area contributed by atoms with Crippen LogP contribution in [-0.2, 0) is 4.79 Å². The first-order chi connectivity index (χ1) is 7.59. The van der Waals surface area contributed by atoms with Crippen molar-refractivity contribution in [1.29, 1.82) is 0 Å². The third-order valence-corrected chi connectivity index (χ3v) is 4.14. The third kappa shape index (κ3) is 2.23. The fraction of sp³-hybridized carbons (Fsp3) is 0.917. The first kappa shape index (κ1) is 11.9. The van der Waals surface area contributed by atoms with E-state index in [4.69, 9.17) is 10.8 Å². The molecule has 16 heavy (non-hydrogen) atoms. The Hall–Kier alpha value is -0.610. The van der Waals surface area contributed by atoms with Crippen LogP contribution in [0.5, 0.6) is 0 Å². The zero-order valence-corrected chi connectivity index (χ0v) is 9.86. The lowest BCUT2D eigenvalue weighted by atomic mass is 9.84.